The Kier molecular flexibility index (Phi) is 5.02. The summed E-state index contributed by atoms with van der Waals surface area (Å²) in [6.07, 6.45) is 0. The van der Waals surface area contributed by atoms with Gasteiger partial charge in [0.1, 0.15) is 5.82 Å². The van der Waals surface area contributed by atoms with Gasteiger partial charge in [0.15, 0.2) is 0 Å². The summed E-state index contributed by atoms with van der Waals surface area (Å²) in [6, 6.07) is 4.84. The minimum Gasteiger partial charge on any atom is -0.318 e. The van der Waals surface area contributed by atoms with Crippen molar-refractivity contribution in [1.82, 2.24) is 10.2 Å². The lowest BCUT2D eigenvalue weighted by Gasteiger charge is -2.16. The van der Waals surface area contributed by atoms with Gasteiger partial charge in [-0.3, -0.25) is 0 Å². The highest BCUT2D eigenvalue weighted by atomic mass is 35.5. The zero-order chi connectivity index (χ0) is 11.3. The molecule has 4 heteroatoms. The van der Waals surface area contributed by atoms with Gasteiger partial charge in [0, 0.05) is 19.6 Å². The molecule has 1 aromatic rings. The van der Waals surface area contributed by atoms with Crippen molar-refractivity contribution in [2.24, 2.45) is 0 Å². The monoisotopic (exact) mass is 230 g/mol. The summed E-state index contributed by atoms with van der Waals surface area (Å²) < 4.78 is 12.9. The Morgan fingerprint density at radius 2 is 2.20 bits per heavy atom. The number of likely N-dealkylation sites (N-methyl/N-ethyl adjacent to an activating group) is 2. The third kappa shape index (κ3) is 4.16. The molecule has 0 aliphatic rings. The molecule has 84 valence electrons. The van der Waals surface area contributed by atoms with Gasteiger partial charge in [0.25, 0.3) is 0 Å². The number of hydrogen-bond donors (Lipinski definition) is 1. The van der Waals surface area contributed by atoms with Gasteiger partial charge in [-0.05, 0) is 31.8 Å². The summed E-state index contributed by atoms with van der Waals surface area (Å²) in [5.74, 6) is -0.363. The Balaban J connectivity index is 2.53. The largest absolute Gasteiger partial charge is 0.318 e. The lowest BCUT2D eigenvalue weighted by molar-refractivity contribution is 0.328. The molecule has 0 aliphatic heterocycles. The first-order chi connectivity index (χ1) is 7.13. The van der Waals surface area contributed by atoms with E-state index in [-0.39, 0.29) is 10.8 Å². The number of nitrogens with one attached hydrogen (secondary N) is 1. The standard InChI is InChI=1S/C11H16ClFN2/c1-14-5-6-15(2)8-9-3-4-11(13)10(12)7-9/h3-4,7,14H,5-6,8H2,1-2H3. The molecular formula is C11H16ClFN2. The molecule has 0 bridgehead atoms. The fourth-order valence-electron chi connectivity index (χ4n) is 1.33. The van der Waals surface area contributed by atoms with E-state index in [1.807, 2.05) is 14.1 Å². The molecule has 0 saturated heterocycles. The van der Waals surface area contributed by atoms with Crippen LogP contribution in [0.2, 0.25) is 5.02 Å². The van der Waals surface area contributed by atoms with E-state index >= 15 is 0 Å². The van der Waals surface area contributed by atoms with E-state index in [1.165, 1.54) is 6.07 Å². The van der Waals surface area contributed by atoms with Crippen molar-refractivity contribution in [2.45, 2.75) is 6.54 Å². The van der Waals surface area contributed by atoms with Crippen LogP contribution in [0.15, 0.2) is 18.2 Å². The fourth-order valence-corrected chi connectivity index (χ4v) is 1.53. The first kappa shape index (κ1) is 12.4. The molecule has 0 radical (unpaired) electrons. The highest BCUT2D eigenvalue weighted by molar-refractivity contribution is 6.30. The average molecular weight is 231 g/mol. The van der Waals surface area contributed by atoms with Crippen LogP contribution in [-0.2, 0) is 6.54 Å². The normalized spacial score (nSPS) is 11.0. The van der Waals surface area contributed by atoms with Crippen LogP contribution in [0.25, 0.3) is 0 Å². The average Bonchev–Trinajstić information content (AvgIpc) is 2.20. The van der Waals surface area contributed by atoms with Gasteiger partial charge in [0.2, 0.25) is 0 Å². The molecule has 0 atom stereocenters. The predicted molar refractivity (Wildman–Crippen MR) is 61.7 cm³/mol. The lowest BCUT2D eigenvalue weighted by Crippen LogP contribution is -2.26. The summed E-state index contributed by atoms with van der Waals surface area (Å²) in [5, 5.41) is 3.27. The van der Waals surface area contributed by atoms with E-state index in [1.54, 1.807) is 12.1 Å². The van der Waals surface area contributed by atoms with Gasteiger partial charge >= 0.3 is 0 Å². The molecule has 0 saturated carbocycles. The predicted octanol–water partition coefficient (Wildman–Crippen LogP) is 2.13. The minimum absolute atomic E-state index is 0.189. The van der Waals surface area contributed by atoms with Crippen LogP contribution in [0.5, 0.6) is 0 Å². The number of nitrogens with zero attached hydrogens (tertiary/aromatic N) is 1. The van der Waals surface area contributed by atoms with Gasteiger partial charge in [-0.1, -0.05) is 17.7 Å². The Morgan fingerprint density at radius 1 is 1.47 bits per heavy atom. The van der Waals surface area contributed by atoms with Gasteiger partial charge in [0.05, 0.1) is 5.02 Å². The molecule has 0 fully saturated rings. The third-order valence-electron chi connectivity index (χ3n) is 2.18. The first-order valence-corrected chi connectivity index (χ1v) is 5.28. The van der Waals surface area contributed by atoms with Crippen molar-refractivity contribution in [1.29, 1.82) is 0 Å². The summed E-state index contributed by atoms with van der Waals surface area (Å²) in [5.41, 5.74) is 1.03. The molecule has 1 N–H and O–H groups in total. The molecule has 0 heterocycles. The van der Waals surface area contributed by atoms with Crippen molar-refractivity contribution < 1.29 is 4.39 Å². The Labute approximate surface area is 95.0 Å². The topological polar surface area (TPSA) is 15.3 Å². The number of halogens is 2. The zero-order valence-corrected chi connectivity index (χ0v) is 9.81. The van der Waals surface area contributed by atoms with Crippen LogP contribution in [0, 0.1) is 5.82 Å². The van der Waals surface area contributed by atoms with Crippen LogP contribution >= 0.6 is 11.6 Å². The van der Waals surface area contributed by atoms with Crippen molar-refractivity contribution in [3.63, 3.8) is 0 Å². The van der Waals surface area contributed by atoms with Crippen LogP contribution in [0.1, 0.15) is 5.56 Å². The van der Waals surface area contributed by atoms with Crippen LogP contribution < -0.4 is 5.32 Å². The first-order valence-electron chi connectivity index (χ1n) is 4.90. The van der Waals surface area contributed by atoms with E-state index in [0.717, 1.165) is 25.2 Å². The molecule has 0 amide bonds. The second-order valence-electron chi connectivity index (χ2n) is 3.59. The quantitative estimate of drug-likeness (QED) is 0.834. The maximum absolute atomic E-state index is 12.9. The summed E-state index contributed by atoms with van der Waals surface area (Å²) in [6.45, 7) is 2.67. The van der Waals surface area contributed by atoms with E-state index < -0.39 is 0 Å². The Hall–Kier alpha value is -0.640. The van der Waals surface area contributed by atoms with Crippen LogP contribution in [-0.4, -0.2) is 32.1 Å². The van der Waals surface area contributed by atoms with E-state index in [0.29, 0.717) is 0 Å². The lowest BCUT2D eigenvalue weighted by atomic mass is 10.2. The molecule has 1 aromatic carbocycles. The van der Waals surface area contributed by atoms with Crippen molar-refractivity contribution in [2.75, 3.05) is 27.2 Å². The molecule has 2 nitrogen and oxygen atoms in total. The maximum atomic E-state index is 12.9. The molecular weight excluding hydrogens is 215 g/mol. The van der Waals surface area contributed by atoms with Crippen LogP contribution in [0.4, 0.5) is 4.39 Å². The van der Waals surface area contributed by atoms with Gasteiger partial charge in [-0.2, -0.15) is 0 Å². The second-order valence-corrected chi connectivity index (χ2v) is 4.00. The summed E-state index contributed by atoms with van der Waals surface area (Å²) >= 11 is 5.70. The fraction of sp³-hybridized carbons (Fsp3) is 0.455. The van der Waals surface area contributed by atoms with Gasteiger partial charge in [-0.15, -0.1) is 0 Å². The van der Waals surface area contributed by atoms with Crippen molar-refractivity contribution in [3.8, 4) is 0 Å². The molecule has 1 rings (SSSR count). The Morgan fingerprint density at radius 3 is 2.80 bits per heavy atom. The minimum atomic E-state index is -0.363. The summed E-state index contributed by atoms with van der Waals surface area (Å²) in [4.78, 5) is 2.15. The van der Waals surface area contributed by atoms with E-state index in [4.69, 9.17) is 11.6 Å². The van der Waals surface area contributed by atoms with E-state index in [9.17, 15) is 4.39 Å². The van der Waals surface area contributed by atoms with Crippen LogP contribution in [0.3, 0.4) is 0 Å². The third-order valence-corrected chi connectivity index (χ3v) is 2.47. The van der Waals surface area contributed by atoms with Crippen molar-refractivity contribution in [3.05, 3.63) is 34.6 Å². The summed E-state index contributed by atoms with van der Waals surface area (Å²) in [7, 11) is 3.94. The zero-order valence-electron chi connectivity index (χ0n) is 9.06. The molecule has 0 aliphatic carbocycles. The smallest absolute Gasteiger partial charge is 0.141 e. The number of rotatable bonds is 5. The molecule has 0 aromatic heterocycles. The molecule has 0 spiro atoms. The van der Waals surface area contributed by atoms with E-state index in [2.05, 4.69) is 10.2 Å². The van der Waals surface area contributed by atoms with Gasteiger partial charge < -0.3 is 10.2 Å². The maximum Gasteiger partial charge on any atom is 0.141 e. The number of hydrogen-bond acceptors (Lipinski definition) is 2. The molecule has 0 unspecified atom stereocenters. The SMILES string of the molecule is CNCCN(C)Cc1ccc(F)c(Cl)c1. The second kappa shape index (κ2) is 6.05. The molecule has 15 heavy (non-hydrogen) atoms. The highest BCUT2D eigenvalue weighted by Crippen LogP contribution is 2.16. The highest BCUT2D eigenvalue weighted by Gasteiger charge is 2.03. The van der Waals surface area contributed by atoms with Crippen molar-refractivity contribution >= 4 is 11.6 Å². The van der Waals surface area contributed by atoms with Gasteiger partial charge in [-0.25, -0.2) is 4.39 Å². The Bertz CT molecular complexity index is 317. The number of benzene rings is 1.